The van der Waals surface area contributed by atoms with E-state index in [0.29, 0.717) is 6.04 Å². The summed E-state index contributed by atoms with van der Waals surface area (Å²) >= 11 is 0. The minimum absolute atomic E-state index is 0.533. The first-order chi connectivity index (χ1) is 8.60. The molecular weight excluding hydrogens is 224 g/mol. The van der Waals surface area contributed by atoms with Crippen molar-refractivity contribution in [1.82, 2.24) is 0 Å². The fraction of sp³-hybridized carbons (Fsp3) is 0.600. The molecule has 0 aliphatic heterocycles. The first-order valence-electron chi connectivity index (χ1n) is 6.80. The van der Waals surface area contributed by atoms with Gasteiger partial charge >= 0.3 is 0 Å². The number of rotatable bonds is 3. The summed E-state index contributed by atoms with van der Waals surface area (Å²) in [6.45, 7) is 4.69. The third-order valence-corrected chi connectivity index (χ3v) is 4.22. The van der Waals surface area contributed by atoms with Crippen LogP contribution in [0.25, 0.3) is 0 Å². The first kappa shape index (κ1) is 13.1. The summed E-state index contributed by atoms with van der Waals surface area (Å²) < 4.78 is 5.24. The molecule has 0 spiro atoms. The van der Waals surface area contributed by atoms with Crippen molar-refractivity contribution in [3.63, 3.8) is 0 Å². The molecule has 1 aliphatic carbocycles. The fourth-order valence-corrected chi connectivity index (χ4v) is 2.69. The highest BCUT2D eigenvalue weighted by atomic mass is 16.5. The van der Waals surface area contributed by atoms with Gasteiger partial charge in [0, 0.05) is 12.1 Å². The van der Waals surface area contributed by atoms with Crippen molar-refractivity contribution in [2.45, 2.75) is 39.2 Å². The highest BCUT2D eigenvalue weighted by Gasteiger charge is 2.24. The summed E-state index contributed by atoms with van der Waals surface area (Å²) in [6, 6.07) is 6.31. The molecule has 1 saturated carbocycles. The Hall–Kier alpha value is -1.38. The second-order valence-corrected chi connectivity index (χ2v) is 5.56. The Morgan fingerprint density at radius 1 is 1.22 bits per heavy atom. The SMILES string of the molecule is COc1ccc(N)c(NC2CCC(C)C(C)C2)c1. The quantitative estimate of drug-likeness (QED) is 0.805. The van der Waals surface area contributed by atoms with E-state index >= 15 is 0 Å². The molecular formula is C15H24N2O. The lowest BCUT2D eigenvalue weighted by molar-refractivity contribution is 0.261. The van der Waals surface area contributed by atoms with E-state index in [4.69, 9.17) is 10.5 Å². The summed E-state index contributed by atoms with van der Waals surface area (Å²) in [5, 5.41) is 3.57. The number of anilines is 2. The predicted octanol–water partition coefficient (Wildman–Crippen LogP) is 3.51. The van der Waals surface area contributed by atoms with Gasteiger partial charge in [0.2, 0.25) is 0 Å². The van der Waals surface area contributed by atoms with Gasteiger partial charge in [0.15, 0.2) is 0 Å². The van der Waals surface area contributed by atoms with Gasteiger partial charge in [-0.1, -0.05) is 13.8 Å². The zero-order valence-electron chi connectivity index (χ0n) is 11.6. The van der Waals surface area contributed by atoms with Gasteiger partial charge in [0.05, 0.1) is 18.5 Å². The number of benzene rings is 1. The van der Waals surface area contributed by atoms with Crippen LogP contribution in [0.2, 0.25) is 0 Å². The highest BCUT2D eigenvalue weighted by molar-refractivity contribution is 5.68. The Kier molecular flexibility index (Phi) is 4.00. The molecule has 18 heavy (non-hydrogen) atoms. The monoisotopic (exact) mass is 248 g/mol. The maximum Gasteiger partial charge on any atom is 0.121 e. The molecule has 0 bridgehead atoms. The smallest absolute Gasteiger partial charge is 0.121 e. The van der Waals surface area contributed by atoms with Crippen LogP contribution < -0.4 is 15.8 Å². The number of nitrogens with two attached hydrogens (primary N) is 1. The molecule has 3 unspecified atom stereocenters. The van der Waals surface area contributed by atoms with E-state index in [0.717, 1.165) is 29.0 Å². The van der Waals surface area contributed by atoms with Crippen LogP contribution in [0.4, 0.5) is 11.4 Å². The predicted molar refractivity (Wildman–Crippen MR) is 77.0 cm³/mol. The van der Waals surface area contributed by atoms with Crippen LogP contribution in [-0.4, -0.2) is 13.2 Å². The van der Waals surface area contributed by atoms with E-state index in [-0.39, 0.29) is 0 Å². The van der Waals surface area contributed by atoms with Crippen molar-refractivity contribution >= 4 is 11.4 Å². The van der Waals surface area contributed by atoms with Crippen molar-refractivity contribution in [2.75, 3.05) is 18.2 Å². The first-order valence-corrected chi connectivity index (χ1v) is 6.80. The number of methoxy groups -OCH3 is 1. The Morgan fingerprint density at radius 2 is 2.00 bits per heavy atom. The molecule has 3 nitrogen and oxygen atoms in total. The van der Waals surface area contributed by atoms with Crippen LogP contribution in [0, 0.1) is 11.8 Å². The zero-order valence-corrected chi connectivity index (χ0v) is 11.6. The molecule has 0 radical (unpaired) electrons. The topological polar surface area (TPSA) is 47.3 Å². The lowest BCUT2D eigenvalue weighted by atomic mass is 9.79. The van der Waals surface area contributed by atoms with Gasteiger partial charge in [-0.15, -0.1) is 0 Å². The van der Waals surface area contributed by atoms with Gasteiger partial charge in [0.25, 0.3) is 0 Å². The van der Waals surface area contributed by atoms with Crippen LogP contribution in [-0.2, 0) is 0 Å². The van der Waals surface area contributed by atoms with Crippen molar-refractivity contribution < 1.29 is 4.74 Å². The van der Waals surface area contributed by atoms with E-state index < -0.39 is 0 Å². The van der Waals surface area contributed by atoms with Gasteiger partial charge in [-0.25, -0.2) is 0 Å². The Labute approximate surface area is 110 Å². The number of hydrogen-bond donors (Lipinski definition) is 2. The maximum atomic E-state index is 6.01. The zero-order chi connectivity index (χ0) is 13.1. The minimum atomic E-state index is 0.533. The molecule has 1 aromatic rings. The van der Waals surface area contributed by atoms with Crippen molar-refractivity contribution in [1.29, 1.82) is 0 Å². The van der Waals surface area contributed by atoms with Gasteiger partial charge in [0.1, 0.15) is 5.75 Å². The molecule has 1 fully saturated rings. The summed E-state index contributed by atoms with van der Waals surface area (Å²) in [6.07, 6.45) is 3.74. The summed E-state index contributed by atoms with van der Waals surface area (Å²) in [4.78, 5) is 0. The number of hydrogen-bond acceptors (Lipinski definition) is 3. The molecule has 3 heteroatoms. The summed E-state index contributed by atoms with van der Waals surface area (Å²) in [5.41, 5.74) is 7.80. The largest absolute Gasteiger partial charge is 0.497 e. The van der Waals surface area contributed by atoms with E-state index in [9.17, 15) is 0 Å². The molecule has 0 heterocycles. The second kappa shape index (κ2) is 5.51. The maximum absolute atomic E-state index is 6.01. The van der Waals surface area contributed by atoms with Crippen LogP contribution in [0.3, 0.4) is 0 Å². The molecule has 0 saturated heterocycles. The van der Waals surface area contributed by atoms with Gasteiger partial charge in [-0.05, 0) is 43.2 Å². The third-order valence-electron chi connectivity index (χ3n) is 4.22. The van der Waals surface area contributed by atoms with E-state index in [1.54, 1.807) is 7.11 Å². The molecule has 1 aliphatic rings. The van der Waals surface area contributed by atoms with Crippen molar-refractivity contribution in [2.24, 2.45) is 11.8 Å². The lowest BCUT2D eigenvalue weighted by Crippen LogP contribution is -2.30. The molecule has 3 N–H and O–H groups in total. The molecule has 2 rings (SSSR count). The molecule has 3 atom stereocenters. The van der Waals surface area contributed by atoms with E-state index in [1.165, 1.54) is 19.3 Å². The van der Waals surface area contributed by atoms with Crippen LogP contribution in [0.1, 0.15) is 33.1 Å². The number of nitrogen functional groups attached to an aromatic ring is 1. The summed E-state index contributed by atoms with van der Waals surface area (Å²) in [5.74, 6) is 2.47. The molecule has 0 aromatic heterocycles. The standard InChI is InChI=1S/C15H24N2O/c1-10-4-5-12(8-11(10)2)17-15-9-13(18-3)6-7-14(15)16/h6-7,9-12,17H,4-5,8,16H2,1-3H3. The summed E-state index contributed by atoms with van der Waals surface area (Å²) in [7, 11) is 1.68. The Bertz CT molecular complexity index is 405. The Morgan fingerprint density at radius 3 is 2.67 bits per heavy atom. The van der Waals surface area contributed by atoms with E-state index in [1.807, 2.05) is 18.2 Å². The van der Waals surface area contributed by atoms with Gasteiger partial charge in [-0.2, -0.15) is 0 Å². The van der Waals surface area contributed by atoms with Crippen LogP contribution in [0.5, 0.6) is 5.75 Å². The molecule has 0 amide bonds. The normalized spacial score (nSPS) is 27.8. The van der Waals surface area contributed by atoms with Crippen LogP contribution in [0.15, 0.2) is 18.2 Å². The average molecular weight is 248 g/mol. The van der Waals surface area contributed by atoms with Crippen molar-refractivity contribution in [3.8, 4) is 5.75 Å². The van der Waals surface area contributed by atoms with Crippen LogP contribution >= 0.6 is 0 Å². The van der Waals surface area contributed by atoms with E-state index in [2.05, 4.69) is 19.2 Å². The lowest BCUT2D eigenvalue weighted by Gasteiger charge is -2.33. The number of nitrogens with one attached hydrogen (secondary N) is 1. The van der Waals surface area contributed by atoms with Gasteiger partial charge < -0.3 is 15.8 Å². The second-order valence-electron chi connectivity index (χ2n) is 5.56. The fourth-order valence-electron chi connectivity index (χ4n) is 2.69. The minimum Gasteiger partial charge on any atom is -0.497 e. The third kappa shape index (κ3) is 2.89. The highest BCUT2D eigenvalue weighted by Crippen LogP contribution is 2.33. The average Bonchev–Trinajstić information content (AvgIpc) is 2.36. The number of ether oxygens (including phenoxy) is 1. The molecule has 100 valence electrons. The Balaban J connectivity index is 2.05. The van der Waals surface area contributed by atoms with Gasteiger partial charge in [-0.3, -0.25) is 0 Å². The van der Waals surface area contributed by atoms with Crippen molar-refractivity contribution in [3.05, 3.63) is 18.2 Å². The molecule has 1 aromatic carbocycles.